The molecule has 2 aromatic rings. The lowest BCUT2D eigenvalue weighted by Crippen LogP contribution is -2.81. The van der Waals surface area contributed by atoms with Crippen molar-refractivity contribution in [2.45, 2.75) is 25.0 Å². The van der Waals surface area contributed by atoms with E-state index in [2.05, 4.69) is 78.1 Å². The van der Waals surface area contributed by atoms with E-state index >= 15 is 0 Å². The average molecular weight is 412 g/mol. The molecule has 6 heteroatoms. The van der Waals surface area contributed by atoms with Crippen molar-refractivity contribution in [1.29, 1.82) is 0 Å². The van der Waals surface area contributed by atoms with Crippen molar-refractivity contribution in [2.24, 2.45) is 5.92 Å². The van der Waals surface area contributed by atoms with E-state index in [-0.39, 0.29) is 5.04 Å². The number of aliphatic hydroxyl groups is 1. The number of benzene rings is 2. The van der Waals surface area contributed by atoms with Gasteiger partial charge < -0.3 is 14.3 Å². The summed E-state index contributed by atoms with van der Waals surface area (Å²) in [6.07, 6.45) is -1.08. The Morgan fingerprint density at radius 2 is 1.83 bits per heavy atom. The second kappa shape index (κ2) is 7.68. The standard InChI is InChI=1S/C23H29NO4Si/c1-23(2)19-11-7-8-12-21(19)29(23,18-9-5-4-6-10-18)28-16-17-13-24(14-17)15-20(25)22(26)27-3/h4-12,17,20,25H,13-16H2,1-3H3. The van der Waals surface area contributed by atoms with Gasteiger partial charge in [-0.1, -0.05) is 68.4 Å². The minimum atomic E-state index is -2.33. The lowest BCUT2D eigenvalue weighted by atomic mass is 10.00. The highest BCUT2D eigenvalue weighted by molar-refractivity contribution is 7.03. The number of hydrogen-bond acceptors (Lipinski definition) is 5. The third-order valence-electron chi connectivity index (χ3n) is 6.51. The average Bonchev–Trinajstić information content (AvgIpc) is 2.71. The second-order valence-corrected chi connectivity index (χ2v) is 12.7. The quantitative estimate of drug-likeness (QED) is 0.545. The molecule has 2 aliphatic heterocycles. The molecule has 2 atom stereocenters. The van der Waals surface area contributed by atoms with Crippen LogP contribution in [-0.4, -0.2) is 63.7 Å². The Morgan fingerprint density at radius 3 is 2.52 bits per heavy atom. The van der Waals surface area contributed by atoms with Gasteiger partial charge in [-0.3, -0.25) is 4.90 Å². The number of ether oxygens (including phenoxy) is 1. The molecule has 0 radical (unpaired) electrons. The van der Waals surface area contributed by atoms with E-state index in [1.54, 1.807) is 0 Å². The van der Waals surface area contributed by atoms with E-state index in [9.17, 15) is 9.90 Å². The largest absolute Gasteiger partial charge is 0.467 e. The molecule has 29 heavy (non-hydrogen) atoms. The first-order valence-corrected chi connectivity index (χ1v) is 12.1. The highest BCUT2D eigenvalue weighted by atomic mass is 28.4. The van der Waals surface area contributed by atoms with Crippen LogP contribution >= 0.6 is 0 Å². The second-order valence-electron chi connectivity index (χ2n) is 8.65. The first-order valence-electron chi connectivity index (χ1n) is 10.2. The molecule has 1 saturated heterocycles. The highest BCUT2D eigenvalue weighted by Crippen LogP contribution is 2.43. The molecule has 4 rings (SSSR count). The zero-order chi connectivity index (χ0) is 20.6. The number of carbonyl (C=O) groups excluding carboxylic acids is 1. The third-order valence-corrected chi connectivity index (χ3v) is 11.5. The van der Waals surface area contributed by atoms with Crippen LogP contribution in [0.4, 0.5) is 0 Å². The molecule has 0 saturated carbocycles. The number of rotatable bonds is 7. The molecule has 2 heterocycles. The minimum absolute atomic E-state index is 0.00938. The summed E-state index contributed by atoms with van der Waals surface area (Å²) in [4.78, 5) is 13.5. The van der Waals surface area contributed by atoms with Crippen LogP contribution in [0.5, 0.6) is 0 Å². The Kier molecular flexibility index (Phi) is 5.37. The number of nitrogens with zero attached hydrogens (tertiary/aromatic N) is 1. The lowest BCUT2D eigenvalue weighted by Gasteiger charge is -2.56. The van der Waals surface area contributed by atoms with E-state index in [0.717, 1.165) is 13.1 Å². The number of β-amino-alcohol motifs (C(OH)–C–C–N with tert-alkyl or cyclic N) is 1. The van der Waals surface area contributed by atoms with E-state index < -0.39 is 20.4 Å². The molecule has 2 unspecified atom stereocenters. The number of aliphatic hydroxyl groups excluding tert-OH is 1. The SMILES string of the molecule is COC(=O)C(O)CN1CC(CO[Si]2(c3ccccc3)c3ccccc3C2(C)C)C1. The molecule has 2 aromatic carbocycles. The number of methoxy groups -OCH3 is 1. The van der Waals surface area contributed by atoms with Gasteiger partial charge in [0, 0.05) is 37.2 Å². The normalized spacial score (nSPS) is 24.1. The van der Waals surface area contributed by atoms with Crippen molar-refractivity contribution in [3.05, 3.63) is 60.2 Å². The van der Waals surface area contributed by atoms with E-state index in [1.165, 1.54) is 23.0 Å². The Hall–Kier alpha value is -1.99. The van der Waals surface area contributed by atoms with Gasteiger partial charge in [0.05, 0.1) is 7.11 Å². The Morgan fingerprint density at radius 1 is 1.17 bits per heavy atom. The van der Waals surface area contributed by atoms with Gasteiger partial charge in [-0.15, -0.1) is 0 Å². The maximum absolute atomic E-state index is 11.4. The molecule has 0 spiro atoms. The summed E-state index contributed by atoms with van der Waals surface area (Å²) >= 11 is 0. The molecule has 1 fully saturated rings. The Bertz CT molecular complexity index is 881. The zero-order valence-electron chi connectivity index (χ0n) is 17.3. The van der Waals surface area contributed by atoms with Crippen LogP contribution in [0.3, 0.4) is 0 Å². The van der Waals surface area contributed by atoms with Gasteiger partial charge in [-0.2, -0.15) is 0 Å². The smallest absolute Gasteiger partial charge is 0.336 e. The van der Waals surface area contributed by atoms with Crippen molar-refractivity contribution >= 4 is 24.7 Å². The van der Waals surface area contributed by atoms with E-state index in [0.29, 0.717) is 19.1 Å². The first-order chi connectivity index (χ1) is 13.9. The summed E-state index contributed by atoms with van der Waals surface area (Å²) in [5, 5.41) is 12.5. The zero-order valence-corrected chi connectivity index (χ0v) is 18.3. The van der Waals surface area contributed by atoms with Gasteiger partial charge in [0.1, 0.15) is 0 Å². The number of esters is 1. The van der Waals surface area contributed by atoms with Gasteiger partial charge in [0.2, 0.25) is 0 Å². The van der Waals surface area contributed by atoms with Crippen LogP contribution in [0, 0.1) is 5.92 Å². The van der Waals surface area contributed by atoms with Crippen LogP contribution in [0.15, 0.2) is 54.6 Å². The van der Waals surface area contributed by atoms with Crippen molar-refractivity contribution in [1.82, 2.24) is 4.90 Å². The fraction of sp³-hybridized carbons (Fsp3) is 0.435. The van der Waals surface area contributed by atoms with Crippen LogP contribution in [-0.2, 0) is 19.0 Å². The molecule has 1 N–H and O–H groups in total. The van der Waals surface area contributed by atoms with Crippen LogP contribution in [0.2, 0.25) is 0 Å². The fourth-order valence-electron chi connectivity index (χ4n) is 4.96. The Labute approximate surface area is 173 Å². The van der Waals surface area contributed by atoms with Crippen LogP contribution < -0.4 is 10.4 Å². The van der Waals surface area contributed by atoms with Gasteiger partial charge >= 0.3 is 5.97 Å². The van der Waals surface area contributed by atoms with Gasteiger partial charge in [0.15, 0.2) is 6.10 Å². The van der Waals surface area contributed by atoms with Crippen molar-refractivity contribution in [3.63, 3.8) is 0 Å². The van der Waals surface area contributed by atoms with Gasteiger partial charge in [-0.25, -0.2) is 4.79 Å². The molecule has 5 nitrogen and oxygen atoms in total. The summed E-state index contributed by atoms with van der Waals surface area (Å²) in [7, 11) is -1.04. The number of likely N-dealkylation sites (tertiary alicyclic amines) is 1. The lowest BCUT2D eigenvalue weighted by molar-refractivity contribution is -0.152. The predicted octanol–water partition coefficient (Wildman–Crippen LogP) is 1.06. The molecule has 2 aliphatic rings. The van der Waals surface area contributed by atoms with E-state index in [1.807, 2.05) is 0 Å². The predicted molar refractivity (Wildman–Crippen MR) is 115 cm³/mol. The molecule has 0 aromatic heterocycles. The monoisotopic (exact) mass is 411 g/mol. The van der Waals surface area contributed by atoms with Gasteiger partial charge in [-0.05, 0) is 15.9 Å². The maximum atomic E-state index is 11.4. The van der Waals surface area contributed by atoms with Crippen molar-refractivity contribution in [2.75, 3.05) is 33.4 Å². The number of fused-ring (bicyclic) bond motifs is 1. The summed E-state index contributed by atoms with van der Waals surface area (Å²) in [5.74, 6) is -0.163. The molecule has 154 valence electrons. The number of carbonyl (C=O) groups is 1. The summed E-state index contributed by atoms with van der Waals surface area (Å²) in [6, 6.07) is 19.4. The maximum Gasteiger partial charge on any atom is 0.336 e. The summed E-state index contributed by atoms with van der Waals surface area (Å²) < 4.78 is 11.5. The summed E-state index contributed by atoms with van der Waals surface area (Å²) in [6.45, 7) is 7.30. The third kappa shape index (κ3) is 3.24. The Balaban J connectivity index is 1.47. The minimum Gasteiger partial charge on any atom is -0.467 e. The molecule has 0 aliphatic carbocycles. The summed E-state index contributed by atoms with van der Waals surface area (Å²) in [5.41, 5.74) is 1.40. The molecular weight excluding hydrogens is 382 g/mol. The van der Waals surface area contributed by atoms with E-state index in [4.69, 9.17) is 4.43 Å². The van der Waals surface area contributed by atoms with Crippen molar-refractivity contribution in [3.8, 4) is 0 Å². The first kappa shape index (κ1) is 20.3. The molecule has 0 amide bonds. The van der Waals surface area contributed by atoms with Crippen LogP contribution in [0.1, 0.15) is 19.4 Å². The van der Waals surface area contributed by atoms with Crippen LogP contribution in [0.25, 0.3) is 0 Å². The number of hydrogen-bond donors (Lipinski definition) is 1. The molecule has 0 bridgehead atoms. The molecular formula is C23H29NO4Si. The topological polar surface area (TPSA) is 59.0 Å². The van der Waals surface area contributed by atoms with Crippen molar-refractivity contribution < 1.29 is 19.1 Å². The van der Waals surface area contributed by atoms with Gasteiger partial charge in [0.25, 0.3) is 8.32 Å². The highest BCUT2D eigenvalue weighted by Gasteiger charge is 2.63. The fourth-order valence-corrected chi connectivity index (χ4v) is 10.0.